The minimum Gasteiger partial charge on any atom is -0.406 e. The molecular weight excluding hydrogens is 343 g/mol. The number of rotatable bonds is 2. The number of carbonyl (C=O) groups excluding carboxylic acids is 1. The molecule has 1 aromatic rings. The molecule has 0 radical (unpaired) electrons. The van der Waals surface area contributed by atoms with Crippen LogP contribution in [0.15, 0.2) is 33.7 Å². The van der Waals surface area contributed by atoms with Gasteiger partial charge in [-0.2, -0.15) is 0 Å². The Morgan fingerprint density at radius 1 is 1.38 bits per heavy atom. The van der Waals surface area contributed by atoms with Crippen molar-refractivity contribution >= 4 is 23.4 Å². The lowest BCUT2D eigenvalue weighted by atomic mass is 9.93. The van der Waals surface area contributed by atoms with E-state index >= 15 is 0 Å². The number of anilines is 1. The van der Waals surface area contributed by atoms with Gasteiger partial charge in [-0.15, -0.1) is 13.2 Å². The number of hydrazine groups is 1. The van der Waals surface area contributed by atoms with Crippen molar-refractivity contribution in [3.05, 3.63) is 28.8 Å². The van der Waals surface area contributed by atoms with Crippen LogP contribution in [0.3, 0.4) is 0 Å². The molecule has 9 heteroatoms. The van der Waals surface area contributed by atoms with E-state index in [1.807, 2.05) is 13.8 Å². The third-order valence-corrected chi connectivity index (χ3v) is 4.98. The lowest BCUT2D eigenvalue weighted by Crippen LogP contribution is -2.57. The molecule has 0 aliphatic carbocycles. The minimum atomic E-state index is -4.75. The molecule has 0 aromatic heterocycles. The van der Waals surface area contributed by atoms with Gasteiger partial charge < -0.3 is 10.1 Å². The number of benzene rings is 1. The summed E-state index contributed by atoms with van der Waals surface area (Å²) < 4.78 is 41.0. The highest BCUT2D eigenvalue weighted by molar-refractivity contribution is 8.04. The molecule has 24 heavy (non-hydrogen) atoms. The van der Waals surface area contributed by atoms with Crippen molar-refractivity contribution in [2.75, 3.05) is 12.4 Å². The Labute approximate surface area is 141 Å². The number of amides is 1. The van der Waals surface area contributed by atoms with Crippen LogP contribution in [0.1, 0.15) is 20.3 Å². The summed E-state index contributed by atoms with van der Waals surface area (Å²) in [6.07, 6.45) is -4.15. The summed E-state index contributed by atoms with van der Waals surface area (Å²) in [7, 11) is 1.66. The predicted molar refractivity (Wildman–Crippen MR) is 84.2 cm³/mol. The largest absolute Gasteiger partial charge is 0.573 e. The van der Waals surface area contributed by atoms with Crippen LogP contribution in [0, 0.1) is 0 Å². The zero-order valence-electron chi connectivity index (χ0n) is 13.2. The molecule has 3 rings (SSSR count). The molecule has 0 unspecified atom stereocenters. The Bertz CT molecular complexity index is 731. The quantitative estimate of drug-likeness (QED) is 0.847. The Kier molecular flexibility index (Phi) is 3.95. The van der Waals surface area contributed by atoms with Gasteiger partial charge in [0.15, 0.2) is 0 Å². The van der Waals surface area contributed by atoms with E-state index in [0.29, 0.717) is 21.9 Å². The Morgan fingerprint density at radius 3 is 2.71 bits per heavy atom. The first-order valence-corrected chi connectivity index (χ1v) is 8.02. The second kappa shape index (κ2) is 5.59. The molecule has 2 aliphatic rings. The summed E-state index contributed by atoms with van der Waals surface area (Å²) in [5.74, 6) is -0.525. The summed E-state index contributed by atoms with van der Waals surface area (Å²) >= 11 is 1.15. The van der Waals surface area contributed by atoms with Crippen molar-refractivity contribution in [1.29, 1.82) is 0 Å². The summed E-state index contributed by atoms with van der Waals surface area (Å²) in [6.45, 7) is 3.88. The summed E-state index contributed by atoms with van der Waals surface area (Å²) in [4.78, 5) is 13.6. The summed E-state index contributed by atoms with van der Waals surface area (Å²) in [6, 6.07) is 4.05. The Hall–Kier alpha value is -1.87. The van der Waals surface area contributed by atoms with Crippen LogP contribution >= 0.6 is 11.8 Å². The number of nitrogens with zero attached hydrogens (tertiary/aromatic N) is 1. The van der Waals surface area contributed by atoms with E-state index in [1.54, 1.807) is 7.05 Å². The van der Waals surface area contributed by atoms with E-state index in [1.165, 1.54) is 23.2 Å². The first-order chi connectivity index (χ1) is 11.1. The molecule has 0 bridgehead atoms. The van der Waals surface area contributed by atoms with E-state index in [9.17, 15) is 18.0 Å². The number of halogens is 3. The zero-order chi connectivity index (χ0) is 17.7. The number of hydrogen-bond donors (Lipinski definition) is 2. The highest BCUT2D eigenvalue weighted by Gasteiger charge is 2.41. The fourth-order valence-electron chi connectivity index (χ4n) is 2.87. The van der Waals surface area contributed by atoms with Gasteiger partial charge in [-0.3, -0.25) is 9.80 Å². The number of alkyl halides is 3. The van der Waals surface area contributed by atoms with Gasteiger partial charge in [0.1, 0.15) is 5.75 Å². The summed E-state index contributed by atoms with van der Waals surface area (Å²) in [5.41, 5.74) is 3.90. The number of ether oxygens (including phenoxy) is 1. The second-order valence-corrected chi connectivity index (χ2v) is 7.15. The first-order valence-electron chi connectivity index (χ1n) is 7.20. The fraction of sp³-hybridized carbons (Fsp3) is 0.400. The molecule has 5 nitrogen and oxygen atoms in total. The topological polar surface area (TPSA) is 53.6 Å². The average Bonchev–Trinajstić information content (AvgIpc) is 2.44. The van der Waals surface area contributed by atoms with Crippen molar-refractivity contribution in [2.45, 2.75) is 37.1 Å². The Morgan fingerprint density at radius 2 is 2.08 bits per heavy atom. The average molecular weight is 359 g/mol. The van der Waals surface area contributed by atoms with Gasteiger partial charge in [-0.25, -0.2) is 5.43 Å². The molecule has 0 fully saturated rings. The van der Waals surface area contributed by atoms with Crippen molar-refractivity contribution in [2.24, 2.45) is 0 Å². The Balaban J connectivity index is 1.92. The van der Waals surface area contributed by atoms with E-state index < -0.39 is 11.9 Å². The molecule has 2 heterocycles. The number of hydrogen-bond acceptors (Lipinski definition) is 5. The van der Waals surface area contributed by atoms with Gasteiger partial charge in [0, 0.05) is 24.1 Å². The lowest BCUT2D eigenvalue weighted by Gasteiger charge is -2.44. The molecule has 1 amide bonds. The maximum Gasteiger partial charge on any atom is 0.573 e. The number of fused-ring (bicyclic) bond motifs is 1. The molecule has 130 valence electrons. The summed E-state index contributed by atoms with van der Waals surface area (Å²) in [5, 5.41) is 4.70. The molecule has 2 aliphatic heterocycles. The highest BCUT2D eigenvalue weighted by atomic mass is 32.2. The van der Waals surface area contributed by atoms with Crippen molar-refractivity contribution in [3.63, 3.8) is 0 Å². The van der Waals surface area contributed by atoms with Gasteiger partial charge in [-0.1, -0.05) is 11.8 Å². The highest BCUT2D eigenvalue weighted by Crippen LogP contribution is 2.47. The zero-order valence-corrected chi connectivity index (χ0v) is 14.1. The maximum atomic E-state index is 12.7. The maximum absolute atomic E-state index is 12.7. The van der Waals surface area contributed by atoms with Crippen LogP contribution in [0.4, 0.5) is 18.9 Å². The third-order valence-electron chi connectivity index (χ3n) is 3.79. The molecular formula is C15H16F3N3O2S. The first kappa shape index (κ1) is 17.0. The van der Waals surface area contributed by atoms with Gasteiger partial charge in [0.05, 0.1) is 16.1 Å². The molecule has 2 N–H and O–H groups in total. The molecule has 0 saturated carbocycles. The van der Waals surface area contributed by atoms with Gasteiger partial charge in [-0.05, 0) is 32.0 Å². The second-order valence-electron chi connectivity index (χ2n) is 6.09. The van der Waals surface area contributed by atoms with Crippen LogP contribution in [0.5, 0.6) is 5.75 Å². The van der Waals surface area contributed by atoms with Crippen LogP contribution in [0.25, 0.3) is 0 Å². The lowest BCUT2D eigenvalue weighted by molar-refractivity contribution is -0.274. The van der Waals surface area contributed by atoms with Crippen LogP contribution in [-0.4, -0.2) is 29.9 Å². The molecule has 1 aromatic carbocycles. The van der Waals surface area contributed by atoms with E-state index in [2.05, 4.69) is 15.5 Å². The monoisotopic (exact) mass is 359 g/mol. The number of thioether (sulfide) groups is 1. The smallest absolute Gasteiger partial charge is 0.406 e. The number of nitrogens with one attached hydrogen (secondary N) is 2. The number of carbonyl (C=O) groups is 1. The molecule has 0 saturated heterocycles. The van der Waals surface area contributed by atoms with Crippen LogP contribution in [-0.2, 0) is 4.79 Å². The van der Waals surface area contributed by atoms with E-state index in [4.69, 9.17) is 0 Å². The predicted octanol–water partition coefficient (Wildman–Crippen LogP) is 3.46. The van der Waals surface area contributed by atoms with Crippen molar-refractivity contribution < 1.29 is 22.7 Å². The standard InChI is InChI=1S/C15H16F3N3O2S/c1-14(2)7-10-12(13(22)21(14)19-3)24-11-6-8(23-15(16,17)18)4-5-9(11)20-10/h4-6,19-20H,7H2,1-3H3. The van der Waals surface area contributed by atoms with Gasteiger partial charge in [0.2, 0.25) is 0 Å². The van der Waals surface area contributed by atoms with Crippen LogP contribution < -0.4 is 15.5 Å². The van der Waals surface area contributed by atoms with Crippen molar-refractivity contribution in [3.8, 4) is 5.75 Å². The minimum absolute atomic E-state index is 0.214. The van der Waals surface area contributed by atoms with Gasteiger partial charge in [0.25, 0.3) is 5.91 Å². The molecule has 0 atom stereocenters. The van der Waals surface area contributed by atoms with Gasteiger partial charge >= 0.3 is 6.36 Å². The fourth-order valence-corrected chi connectivity index (χ4v) is 3.92. The SMILES string of the molecule is CNN1C(=O)C2=C(CC1(C)C)Nc1ccc(OC(F)(F)F)cc1S2. The van der Waals surface area contributed by atoms with Crippen LogP contribution in [0.2, 0.25) is 0 Å². The normalized spacial score (nSPS) is 19.6. The molecule has 0 spiro atoms. The van der Waals surface area contributed by atoms with E-state index in [0.717, 1.165) is 17.5 Å². The van der Waals surface area contributed by atoms with Crippen molar-refractivity contribution in [1.82, 2.24) is 10.4 Å². The van der Waals surface area contributed by atoms with E-state index in [-0.39, 0.29) is 11.7 Å². The third kappa shape index (κ3) is 3.05.